The molecular weight excluding hydrogens is 326 g/mol. The molecule has 6 heteroatoms. The first kappa shape index (κ1) is 16.1. The molecule has 24 heavy (non-hydrogen) atoms. The number of nitrogens with zero attached hydrogens (tertiary/aromatic N) is 1. The molecule has 3 aromatic rings. The summed E-state index contributed by atoms with van der Waals surface area (Å²) in [5.74, 6) is -0.250. The van der Waals surface area contributed by atoms with Gasteiger partial charge in [0.25, 0.3) is 5.91 Å². The summed E-state index contributed by atoms with van der Waals surface area (Å²) in [5, 5.41) is 20.1. The number of benzene rings is 2. The van der Waals surface area contributed by atoms with E-state index in [4.69, 9.17) is 11.6 Å². The topological polar surface area (TPSA) is 78.0 Å². The summed E-state index contributed by atoms with van der Waals surface area (Å²) in [6.07, 6.45) is 0. The number of hydrogen-bond acceptors (Lipinski definition) is 3. The lowest BCUT2D eigenvalue weighted by molar-refractivity contribution is 0.102. The number of hydrogen-bond donors (Lipinski definition) is 3. The van der Waals surface area contributed by atoms with Gasteiger partial charge in [0.05, 0.1) is 5.69 Å². The van der Waals surface area contributed by atoms with Crippen molar-refractivity contribution in [2.24, 2.45) is 0 Å². The van der Waals surface area contributed by atoms with Crippen LogP contribution in [0.25, 0.3) is 11.3 Å². The molecule has 3 N–H and O–H groups in total. The fourth-order valence-electron chi connectivity index (χ4n) is 2.48. The van der Waals surface area contributed by atoms with Crippen molar-refractivity contribution in [3.63, 3.8) is 0 Å². The first-order valence-corrected chi connectivity index (χ1v) is 7.75. The Bertz CT molecular complexity index is 898. The summed E-state index contributed by atoms with van der Waals surface area (Å²) in [6.45, 7) is 3.87. The third-order valence-electron chi connectivity index (χ3n) is 3.78. The summed E-state index contributed by atoms with van der Waals surface area (Å²) in [6, 6.07) is 12.1. The zero-order chi connectivity index (χ0) is 17.3. The third-order valence-corrected chi connectivity index (χ3v) is 4.01. The van der Waals surface area contributed by atoms with E-state index in [0.717, 1.165) is 16.8 Å². The van der Waals surface area contributed by atoms with Crippen LogP contribution in [0.15, 0.2) is 42.5 Å². The van der Waals surface area contributed by atoms with Gasteiger partial charge in [-0.05, 0) is 49.2 Å². The van der Waals surface area contributed by atoms with Gasteiger partial charge >= 0.3 is 0 Å². The Hall–Kier alpha value is -2.79. The van der Waals surface area contributed by atoms with Crippen LogP contribution in [-0.4, -0.2) is 21.2 Å². The first-order valence-electron chi connectivity index (χ1n) is 7.37. The Morgan fingerprint density at radius 2 is 1.88 bits per heavy atom. The summed E-state index contributed by atoms with van der Waals surface area (Å²) in [4.78, 5) is 12.4. The van der Waals surface area contributed by atoms with Crippen LogP contribution in [0.2, 0.25) is 5.02 Å². The standard InChI is InChI=1S/C18H16ClN3O2/c1-10-4-3-5-11(2)17(10)20-18(24)15-9-14(21-22-15)13-8-12(19)6-7-16(13)23/h3-9,23H,1-2H3,(H,20,24)(H,21,22). The molecule has 0 saturated carbocycles. The second-order valence-electron chi connectivity index (χ2n) is 5.55. The van der Waals surface area contributed by atoms with E-state index in [2.05, 4.69) is 15.5 Å². The number of rotatable bonds is 3. The smallest absolute Gasteiger partial charge is 0.273 e. The van der Waals surface area contributed by atoms with E-state index < -0.39 is 0 Å². The lowest BCUT2D eigenvalue weighted by Gasteiger charge is -2.10. The van der Waals surface area contributed by atoms with Crippen molar-refractivity contribution >= 4 is 23.2 Å². The molecule has 2 aromatic carbocycles. The number of aromatic hydroxyl groups is 1. The number of halogens is 1. The van der Waals surface area contributed by atoms with Gasteiger partial charge in [-0.25, -0.2) is 0 Å². The van der Waals surface area contributed by atoms with Crippen molar-refractivity contribution < 1.29 is 9.90 Å². The average Bonchev–Trinajstić information content (AvgIpc) is 3.03. The molecule has 0 aliphatic rings. The van der Waals surface area contributed by atoms with Gasteiger partial charge in [-0.3, -0.25) is 9.89 Å². The monoisotopic (exact) mass is 341 g/mol. The maximum atomic E-state index is 12.4. The largest absolute Gasteiger partial charge is 0.507 e. The van der Waals surface area contributed by atoms with E-state index in [0.29, 0.717) is 22.0 Å². The Morgan fingerprint density at radius 1 is 1.17 bits per heavy atom. The van der Waals surface area contributed by atoms with Crippen molar-refractivity contribution in [2.45, 2.75) is 13.8 Å². The van der Waals surface area contributed by atoms with Crippen LogP contribution >= 0.6 is 11.6 Å². The van der Waals surface area contributed by atoms with Crippen LogP contribution in [0.3, 0.4) is 0 Å². The van der Waals surface area contributed by atoms with Gasteiger partial charge in [-0.2, -0.15) is 5.10 Å². The minimum absolute atomic E-state index is 0.0487. The van der Waals surface area contributed by atoms with Gasteiger partial charge in [0.1, 0.15) is 11.4 Å². The number of carbonyl (C=O) groups excluding carboxylic acids is 1. The maximum absolute atomic E-state index is 12.4. The molecule has 0 saturated heterocycles. The van der Waals surface area contributed by atoms with E-state index in [-0.39, 0.29) is 11.7 Å². The normalized spacial score (nSPS) is 10.6. The van der Waals surface area contributed by atoms with Crippen LogP contribution in [-0.2, 0) is 0 Å². The molecular formula is C18H16ClN3O2. The molecule has 1 heterocycles. The first-order chi connectivity index (χ1) is 11.5. The second-order valence-corrected chi connectivity index (χ2v) is 5.99. The highest BCUT2D eigenvalue weighted by atomic mass is 35.5. The average molecular weight is 342 g/mol. The Labute approximate surface area is 144 Å². The summed E-state index contributed by atoms with van der Waals surface area (Å²) in [5.41, 5.74) is 3.95. The van der Waals surface area contributed by atoms with Gasteiger partial charge in [0, 0.05) is 16.3 Å². The number of para-hydroxylation sites is 1. The van der Waals surface area contributed by atoms with Crippen LogP contribution in [0.5, 0.6) is 5.75 Å². The van der Waals surface area contributed by atoms with Crippen molar-refractivity contribution in [2.75, 3.05) is 5.32 Å². The molecule has 1 amide bonds. The van der Waals surface area contributed by atoms with Gasteiger partial charge in [0.15, 0.2) is 0 Å². The number of H-pyrrole nitrogens is 1. The van der Waals surface area contributed by atoms with E-state index in [1.807, 2.05) is 32.0 Å². The van der Waals surface area contributed by atoms with E-state index in [9.17, 15) is 9.90 Å². The van der Waals surface area contributed by atoms with Crippen LogP contribution in [0.4, 0.5) is 5.69 Å². The molecule has 0 bridgehead atoms. The molecule has 1 aromatic heterocycles. The van der Waals surface area contributed by atoms with Gasteiger partial charge in [-0.1, -0.05) is 29.8 Å². The molecule has 0 unspecified atom stereocenters. The number of aromatic nitrogens is 2. The van der Waals surface area contributed by atoms with Crippen molar-refractivity contribution in [1.29, 1.82) is 0 Å². The number of amides is 1. The van der Waals surface area contributed by atoms with Crippen molar-refractivity contribution in [1.82, 2.24) is 10.2 Å². The van der Waals surface area contributed by atoms with Crippen LogP contribution in [0, 0.1) is 13.8 Å². The highest BCUT2D eigenvalue weighted by molar-refractivity contribution is 6.31. The highest BCUT2D eigenvalue weighted by Crippen LogP contribution is 2.31. The molecule has 0 aliphatic heterocycles. The summed E-state index contributed by atoms with van der Waals surface area (Å²) in [7, 11) is 0. The lowest BCUT2D eigenvalue weighted by atomic mass is 10.1. The molecule has 0 atom stereocenters. The van der Waals surface area contributed by atoms with Crippen LogP contribution in [0.1, 0.15) is 21.6 Å². The zero-order valence-corrected chi connectivity index (χ0v) is 14.0. The zero-order valence-electron chi connectivity index (χ0n) is 13.2. The molecule has 0 aliphatic carbocycles. The fourth-order valence-corrected chi connectivity index (χ4v) is 2.65. The van der Waals surface area contributed by atoms with Crippen molar-refractivity contribution in [3.05, 3.63) is 64.3 Å². The van der Waals surface area contributed by atoms with Gasteiger partial charge in [-0.15, -0.1) is 0 Å². The molecule has 0 spiro atoms. The lowest BCUT2D eigenvalue weighted by Crippen LogP contribution is -2.14. The Balaban J connectivity index is 1.88. The number of aryl methyl sites for hydroxylation is 2. The minimum atomic E-state index is -0.298. The Morgan fingerprint density at radius 3 is 2.58 bits per heavy atom. The van der Waals surface area contributed by atoms with Crippen molar-refractivity contribution in [3.8, 4) is 17.0 Å². The Kier molecular flexibility index (Phi) is 4.27. The number of phenols is 1. The number of aromatic amines is 1. The molecule has 0 radical (unpaired) electrons. The fraction of sp³-hybridized carbons (Fsp3) is 0.111. The molecule has 5 nitrogen and oxygen atoms in total. The molecule has 122 valence electrons. The quantitative estimate of drug-likeness (QED) is 0.664. The van der Waals surface area contributed by atoms with Gasteiger partial charge < -0.3 is 10.4 Å². The van der Waals surface area contributed by atoms with Crippen LogP contribution < -0.4 is 5.32 Å². The molecule has 3 rings (SSSR count). The minimum Gasteiger partial charge on any atom is -0.507 e. The predicted molar refractivity (Wildman–Crippen MR) is 94.6 cm³/mol. The second kappa shape index (κ2) is 6.37. The highest BCUT2D eigenvalue weighted by Gasteiger charge is 2.15. The van der Waals surface area contributed by atoms with E-state index >= 15 is 0 Å². The number of phenolic OH excluding ortho intramolecular Hbond substituents is 1. The number of anilines is 1. The third kappa shape index (κ3) is 3.12. The summed E-state index contributed by atoms with van der Waals surface area (Å²) >= 11 is 5.95. The summed E-state index contributed by atoms with van der Waals surface area (Å²) < 4.78 is 0. The number of nitrogens with one attached hydrogen (secondary N) is 2. The van der Waals surface area contributed by atoms with E-state index in [1.165, 1.54) is 6.07 Å². The SMILES string of the molecule is Cc1cccc(C)c1NC(=O)c1cc(-c2cc(Cl)ccc2O)n[nH]1. The van der Waals surface area contributed by atoms with Gasteiger partial charge in [0.2, 0.25) is 0 Å². The molecule has 0 fully saturated rings. The maximum Gasteiger partial charge on any atom is 0.273 e. The van der Waals surface area contributed by atoms with E-state index in [1.54, 1.807) is 18.2 Å². The predicted octanol–water partition coefficient (Wildman–Crippen LogP) is 4.30. The number of carbonyl (C=O) groups is 1.